The van der Waals surface area contributed by atoms with Crippen LogP contribution in [0.25, 0.3) is 0 Å². The third kappa shape index (κ3) is 6.92. The predicted octanol–water partition coefficient (Wildman–Crippen LogP) is 6.03. The van der Waals surface area contributed by atoms with E-state index in [-0.39, 0.29) is 12.6 Å². The molecule has 2 aliphatic rings. The average molecular weight is 431 g/mol. The summed E-state index contributed by atoms with van der Waals surface area (Å²) >= 11 is 0. The Kier molecular flexibility index (Phi) is 9.60. The highest BCUT2D eigenvalue weighted by Crippen LogP contribution is 2.44. The molecule has 0 saturated heterocycles. The van der Waals surface area contributed by atoms with Crippen molar-refractivity contribution in [2.24, 2.45) is 23.7 Å². The molecule has 0 amide bonds. The molecule has 0 N–H and O–H groups in total. The van der Waals surface area contributed by atoms with Crippen LogP contribution in [-0.2, 0) is 16.0 Å². The molecule has 3 rings (SSSR count). The molecule has 0 radical (unpaired) electrons. The van der Waals surface area contributed by atoms with Gasteiger partial charge in [-0.1, -0.05) is 19.8 Å². The highest BCUT2D eigenvalue weighted by atomic mass is 19.1. The van der Waals surface area contributed by atoms with Crippen LogP contribution < -0.4 is 0 Å². The van der Waals surface area contributed by atoms with Crippen molar-refractivity contribution in [1.29, 1.82) is 0 Å². The maximum Gasteiger partial charge on any atom is 0.132 e. The van der Waals surface area contributed by atoms with Gasteiger partial charge in [-0.25, -0.2) is 9.97 Å². The maximum absolute atomic E-state index is 12.3. The second-order valence-electron chi connectivity index (χ2n) is 9.76. The van der Waals surface area contributed by atoms with Gasteiger partial charge in [0.1, 0.15) is 17.9 Å². The molecule has 1 unspecified atom stereocenters. The Bertz CT molecular complexity index is 677. The number of carbonyl (C=O) groups excluding carboxylic acids is 2. The van der Waals surface area contributed by atoms with Gasteiger partial charge in [0, 0.05) is 37.6 Å². The number of aromatic nitrogens is 2. The van der Waals surface area contributed by atoms with Crippen LogP contribution in [0.4, 0.5) is 4.39 Å². The average Bonchev–Trinajstić information content (AvgIpc) is 2.83. The summed E-state index contributed by atoms with van der Waals surface area (Å²) in [6.45, 7) is 1.62. The van der Waals surface area contributed by atoms with E-state index in [1.54, 1.807) is 0 Å². The number of halogens is 1. The Labute approximate surface area is 186 Å². The molecule has 172 valence electrons. The van der Waals surface area contributed by atoms with Crippen molar-refractivity contribution in [2.75, 3.05) is 6.67 Å². The molecular formula is C26H39FN2O2. The van der Waals surface area contributed by atoms with E-state index in [4.69, 9.17) is 0 Å². The van der Waals surface area contributed by atoms with Gasteiger partial charge in [0.15, 0.2) is 0 Å². The molecule has 5 heteroatoms. The number of rotatable bonds is 11. The Morgan fingerprint density at radius 3 is 2.23 bits per heavy atom. The van der Waals surface area contributed by atoms with Gasteiger partial charge in [0.05, 0.1) is 6.67 Å². The molecule has 2 fully saturated rings. The number of hydrogen-bond donors (Lipinski definition) is 0. The van der Waals surface area contributed by atoms with Gasteiger partial charge >= 0.3 is 0 Å². The Balaban J connectivity index is 1.45. The lowest BCUT2D eigenvalue weighted by Gasteiger charge is -2.38. The molecule has 1 heterocycles. The van der Waals surface area contributed by atoms with E-state index in [0.29, 0.717) is 48.7 Å². The molecule has 0 aromatic carbocycles. The molecule has 0 spiro atoms. The van der Waals surface area contributed by atoms with Crippen molar-refractivity contribution in [1.82, 2.24) is 9.97 Å². The Morgan fingerprint density at radius 1 is 1.06 bits per heavy atom. The molecule has 1 atom stereocenters. The van der Waals surface area contributed by atoms with Gasteiger partial charge in [-0.15, -0.1) is 0 Å². The molecular weight excluding hydrogens is 391 g/mol. The van der Waals surface area contributed by atoms with Crippen molar-refractivity contribution in [3.05, 3.63) is 23.8 Å². The van der Waals surface area contributed by atoms with Crippen LogP contribution in [0.1, 0.15) is 101 Å². The highest BCUT2D eigenvalue weighted by molar-refractivity contribution is 5.77. The lowest BCUT2D eigenvalue weighted by Crippen LogP contribution is -2.31. The van der Waals surface area contributed by atoms with Crippen LogP contribution in [0.5, 0.6) is 0 Å². The molecule has 2 aliphatic carbocycles. The molecule has 1 aromatic heterocycles. The Morgan fingerprint density at radius 2 is 1.68 bits per heavy atom. The van der Waals surface area contributed by atoms with Crippen molar-refractivity contribution in [3.8, 4) is 0 Å². The minimum absolute atomic E-state index is 0.193. The first-order valence-electron chi connectivity index (χ1n) is 12.5. The number of aldehydes is 1. The van der Waals surface area contributed by atoms with E-state index in [1.807, 2.05) is 19.3 Å². The lowest BCUT2D eigenvalue weighted by molar-refractivity contribution is -0.119. The number of Topliss-reactive ketones (excluding diaryl/α,β-unsaturated/α-hetero) is 1. The number of alkyl halides is 1. The van der Waals surface area contributed by atoms with E-state index in [9.17, 15) is 14.0 Å². The van der Waals surface area contributed by atoms with Crippen molar-refractivity contribution in [2.45, 2.75) is 96.3 Å². The fourth-order valence-corrected chi connectivity index (χ4v) is 5.78. The minimum Gasteiger partial charge on any atom is -0.303 e. The fourth-order valence-electron chi connectivity index (χ4n) is 5.78. The zero-order chi connectivity index (χ0) is 22.1. The lowest BCUT2D eigenvalue weighted by atomic mass is 9.66. The second-order valence-corrected chi connectivity index (χ2v) is 9.76. The largest absolute Gasteiger partial charge is 0.303 e. The van der Waals surface area contributed by atoms with Crippen LogP contribution in [0, 0.1) is 23.7 Å². The number of nitrogens with zero attached hydrogens (tertiary/aromatic N) is 2. The van der Waals surface area contributed by atoms with E-state index >= 15 is 0 Å². The molecule has 0 aliphatic heterocycles. The van der Waals surface area contributed by atoms with Crippen LogP contribution in [0.15, 0.2) is 12.4 Å². The zero-order valence-corrected chi connectivity index (χ0v) is 19.1. The van der Waals surface area contributed by atoms with E-state index in [1.165, 1.54) is 24.7 Å². The highest BCUT2D eigenvalue weighted by Gasteiger charge is 2.35. The number of aryl methyl sites for hydroxylation is 1. The molecule has 1 aromatic rings. The Hall–Kier alpha value is -1.65. The summed E-state index contributed by atoms with van der Waals surface area (Å²) in [4.78, 5) is 32.5. The van der Waals surface area contributed by atoms with E-state index < -0.39 is 0 Å². The summed E-state index contributed by atoms with van der Waals surface area (Å²) in [5.74, 6) is 3.47. The molecule has 2 saturated carbocycles. The number of carbonyl (C=O) groups is 2. The molecule has 4 nitrogen and oxygen atoms in total. The van der Waals surface area contributed by atoms with Crippen molar-refractivity contribution >= 4 is 12.1 Å². The minimum atomic E-state index is -0.326. The molecule has 0 bridgehead atoms. The first-order valence-corrected chi connectivity index (χ1v) is 12.5. The standard InChI is InChI=1S/C26H39FN2O2/c1-2-24(31)14-7-19-5-8-21(9-6-19)25(18-30)22-12-10-20(11-13-22)23-16-28-26(29-17-23)4-3-15-27/h16-22,25H,2-15H2,1H3. The fraction of sp³-hybridized carbons (Fsp3) is 0.769. The first-order chi connectivity index (χ1) is 15.1. The van der Waals surface area contributed by atoms with Gasteiger partial charge in [-0.05, 0) is 80.6 Å². The SMILES string of the molecule is CCC(=O)CCC1CCC(C(C=O)C2CCC(c3cnc(CCCF)nc3)CC2)CC1. The summed E-state index contributed by atoms with van der Waals surface area (Å²) in [7, 11) is 0. The first kappa shape index (κ1) is 24.0. The predicted molar refractivity (Wildman–Crippen MR) is 121 cm³/mol. The quantitative estimate of drug-likeness (QED) is 0.402. The third-order valence-electron chi connectivity index (χ3n) is 7.87. The van der Waals surface area contributed by atoms with Gasteiger partial charge in [-0.3, -0.25) is 9.18 Å². The summed E-state index contributed by atoms with van der Waals surface area (Å²) in [5.41, 5.74) is 1.19. The smallest absolute Gasteiger partial charge is 0.132 e. The van der Waals surface area contributed by atoms with Gasteiger partial charge in [-0.2, -0.15) is 0 Å². The van der Waals surface area contributed by atoms with Gasteiger partial charge in [0.2, 0.25) is 0 Å². The number of hydrogen-bond acceptors (Lipinski definition) is 4. The summed E-state index contributed by atoms with van der Waals surface area (Å²) < 4.78 is 12.3. The third-order valence-corrected chi connectivity index (χ3v) is 7.87. The van der Waals surface area contributed by atoms with E-state index in [0.717, 1.165) is 57.2 Å². The maximum atomic E-state index is 12.3. The summed E-state index contributed by atoms with van der Waals surface area (Å²) in [6, 6.07) is 0. The second kappa shape index (κ2) is 12.4. The van der Waals surface area contributed by atoms with Crippen molar-refractivity contribution < 1.29 is 14.0 Å². The van der Waals surface area contributed by atoms with Crippen LogP contribution in [-0.4, -0.2) is 28.7 Å². The van der Waals surface area contributed by atoms with Crippen molar-refractivity contribution in [3.63, 3.8) is 0 Å². The normalized spacial score (nSPS) is 27.5. The van der Waals surface area contributed by atoms with E-state index in [2.05, 4.69) is 9.97 Å². The number of ketones is 1. The molecule has 31 heavy (non-hydrogen) atoms. The van der Waals surface area contributed by atoms with Gasteiger partial charge in [0.25, 0.3) is 0 Å². The van der Waals surface area contributed by atoms with Crippen LogP contribution in [0.3, 0.4) is 0 Å². The van der Waals surface area contributed by atoms with Crippen LogP contribution >= 0.6 is 0 Å². The zero-order valence-electron chi connectivity index (χ0n) is 19.1. The monoisotopic (exact) mass is 430 g/mol. The van der Waals surface area contributed by atoms with Gasteiger partial charge < -0.3 is 4.79 Å². The summed E-state index contributed by atoms with van der Waals surface area (Å²) in [5, 5.41) is 0. The summed E-state index contributed by atoms with van der Waals surface area (Å²) in [6.07, 6.45) is 17.6. The van der Waals surface area contributed by atoms with Crippen LogP contribution in [0.2, 0.25) is 0 Å². The topological polar surface area (TPSA) is 59.9 Å².